The van der Waals surface area contributed by atoms with Crippen molar-refractivity contribution in [2.24, 2.45) is 0 Å². The Bertz CT molecular complexity index is 659. The Balaban J connectivity index is 2.13. The first-order valence-corrected chi connectivity index (χ1v) is 8.05. The number of aromatic amines is 1. The molecule has 2 N–H and O–H groups in total. The summed E-state index contributed by atoms with van der Waals surface area (Å²) in [5, 5.41) is 4.69. The van der Waals surface area contributed by atoms with Gasteiger partial charge in [0.25, 0.3) is 5.56 Å². The first-order valence-electron chi connectivity index (χ1n) is 6.86. The molecule has 0 spiro atoms. The van der Waals surface area contributed by atoms with Gasteiger partial charge in [-0.2, -0.15) is 0 Å². The molecule has 0 bridgehead atoms. The fourth-order valence-electron chi connectivity index (χ4n) is 1.91. The third kappa shape index (κ3) is 4.59. The van der Waals surface area contributed by atoms with Crippen molar-refractivity contribution in [3.05, 3.63) is 51.4 Å². The zero-order chi connectivity index (χ0) is 15.2. The molecule has 6 heteroatoms. The van der Waals surface area contributed by atoms with Crippen LogP contribution in [0.2, 0.25) is 5.02 Å². The molecule has 0 fully saturated rings. The normalized spacial score (nSPS) is 12.3. The van der Waals surface area contributed by atoms with Crippen molar-refractivity contribution in [3.8, 4) is 0 Å². The highest BCUT2D eigenvalue weighted by atomic mass is 35.5. The summed E-state index contributed by atoms with van der Waals surface area (Å²) in [6.07, 6.45) is 2.58. The van der Waals surface area contributed by atoms with Gasteiger partial charge < -0.3 is 10.3 Å². The van der Waals surface area contributed by atoms with Crippen LogP contribution < -0.4 is 10.9 Å². The van der Waals surface area contributed by atoms with Crippen molar-refractivity contribution in [1.29, 1.82) is 0 Å². The number of hydrogen-bond donors (Lipinski definition) is 2. The molecule has 0 amide bonds. The highest BCUT2D eigenvalue weighted by Crippen LogP contribution is 2.30. The smallest absolute Gasteiger partial charge is 0.251 e. The van der Waals surface area contributed by atoms with E-state index in [1.54, 1.807) is 0 Å². The van der Waals surface area contributed by atoms with Crippen LogP contribution in [0.5, 0.6) is 0 Å². The maximum atomic E-state index is 11.2. The molecule has 1 unspecified atom stereocenters. The van der Waals surface area contributed by atoms with Gasteiger partial charge in [0.2, 0.25) is 0 Å². The van der Waals surface area contributed by atoms with E-state index in [0.717, 1.165) is 28.4 Å². The quantitative estimate of drug-likeness (QED) is 0.797. The molecule has 1 aromatic carbocycles. The lowest BCUT2D eigenvalue weighted by Gasteiger charge is -2.15. The molecule has 4 nitrogen and oxygen atoms in total. The molecule has 1 heterocycles. The summed E-state index contributed by atoms with van der Waals surface area (Å²) >= 11 is 7.74. The van der Waals surface area contributed by atoms with Crippen LogP contribution in [0, 0.1) is 0 Å². The first kappa shape index (κ1) is 16.1. The highest BCUT2D eigenvalue weighted by molar-refractivity contribution is 7.99. The van der Waals surface area contributed by atoms with E-state index in [1.165, 1.54) is 24.0 Å². The molecule has 0 radical (unpaired) electrons. The van der Waals surface area contributed by atoms with Crippen molar-refractivity contribution >= 4 is 23.4 Å². The van der Waals surface area contributed by atoms with Crippen LogP contribution in [0.4, 0.5) is 0 Å². The van der Waals surface area contributed by atoms with Crippen molar-refractivity contribution < 1.29 is 0 Å². The Morgan fingerprint density at radius 2 is 2.24 bits per heavy atom. The number of rotatable bonds is 6. The van der Waals surface area contributed by atoms with E-state index in [-0.39, 0.29) is 11.6 Å². The largest absolute Gasteiger partial charge is 0.310 e. The molecule has 2 rings (SSSR count). The van der Waals surface area contributed by atoms with Gasteiger partial charge in [0.15, 0.2) is 5.16 Å². The van der Waals surface area contributed by atoms with Gasteiger partial charge in [-0.15, -0.1) is 0 Å². The minimum atomic E-state index is -0.160. The predicted octanol–water partition coefficient (Wildman–Crippen LogP) is 3.64. The number of nitrogens with zero attached hydrogens (tertiary/aromatic N) is 1. The zero-order valence-corrected chi connectivity index (χ0v) is 13.6. The highest BCUT2D eigenvalue weighted by Gasteiger charge is 2.10. The number of H-pyrrole nitrogens is 1. The Hall–Kier alpha value is -1.30. The second-order valence-electron chi connectivity index (χ2n) is 4.70. The van der Waals surface area contributed by atoms with Gasteiger partial charge in [0, 0.05) is 28.2 Å². The molecule has 0 saturated carbocycles. The molecule has 2 aromatic rings. The van der Waals surface area contributed by atoms with E-state index in [2.05, 4.69) is 29.1 Å². The molecule has 112 valence electrons. The predicted molar refractivity (Wildman–Crippen MR) is 87.1 cm³/mol. The van der Waals surface area contributed by atoms with Crippen molar-refractivity contribution in [2.75, 3.05) is 6.54 Å². The van der Waals surface area contributed by atoms with Crippen LogP contribution in [-0.4, -0.2) is 16.5 Å². The van der Waals surface area contributed by atoms with Gasteiger partial charge in [-0.1, -0.05) is 36.4 Å². The summed E-state index contributed by atoms with van der Waals surface area (Å²) in [6, 6.07) is 7.51. The number of halogens is 1. The first-order chi connectivity index (χ1) is 10.1. The minimum absolute atomic E-state index is 0.160. The van der Waals surface area contributed by atoms with Gasteiger partial charge >= 0.3 is 0 Å². The maximum absolute atomic E-state index is 11.2. The number of nitrogens with one attached hydrogen (secondary N) is 2. The van der Waals surface area contributed by atoms with Crippen LogP contribution in [0.3, 0.4) is 0 Å². The molecule has 21 heavy (non-hydrogen) atoms. The fourth-order valence-corrected chi connectivity index (χ4v) is 3.12. The Labute approximate surface area is 133 Å². The third-order valence-electron chi connectivity index (χ3n) is 3.00. The van der Waals surface area contributed by atoms with Crippen molar-refractivity contribution in [2.45, 2.75) is 36.4 Å². The van der Waals surface area contributed by atoms with E-state index in [9.17, 15) is 4.79 Å². The van der Waals surface area contributed by atoms with Crippen LogP contribution in [-0.2, 0) is 0 Å². The van der Waals surface area contributed by atoms with Crippen LogP contribution in [0.1, 0.15) is 31.9 Å². The van der Waals surface area contributed by atoms with Gasteiger partial charge in [0.05, 0.1) is 0 Å². The van der Waals surface area contributed by atoms with Crippen molar-refractivity contribution in [3.63, 3.8) is 0 Å². The standard InChI is InChI=1S/C15H18ClN3OS/c1-3-7-17-10(2)12-5-4-11(9-13(12)16)21-15-18-8-6-14(20)19-15/h4-6,8-10,17H,3,7H2,1-2H3,(H,18,19,20). The van der Waals surface area contributed by atoms with Crippen molar-refractivity contribution in [1.82, 2.24) is 15.3 Å². The average molecular weight is 324 g/mol. The van der Waals surface area contributed by atoms with E-state index in [1.807, 2.05) is 18.2 Å². The lowest BCUT2D eigenvalue weighted by atomic mass is 10.1. The molecule has 0 saturated heterocycles. The van der Waals surface area contributed by atoms with E-state index in [0.29, 0.717) is 5.16 Å². The SMILES string of the molecule is CCCNC(C)c1ccc(Sc2nccc(=O)[nH]2)cc1Cl. The van der Waals surface area contributed by atoms with Gasteiger partial charge in [-0.25, -0.2) is 4.98 Å². The zero-order valence-electron chi connectivity index (χ0n) is 12.0. The fraction of sp³-hybridized carbons (Fsp3) is 0.333. The second-order valence-corrected chi connectivity index (χ2v) is 6.17. The molecular weight excluding hydrogens is 306 g/mol. The molecule has 0 aliphatic carbocycles. The van der Waals surface area contributed by atoms with Gasteiger partial charge in [-0.05, 0) is 37.6 Å². The van der Waals surface area contributed by atoms with Crippen LogP contribution >= 0.6 is 23.4 Å². The minimum Gasteiger partial charge on any atom is -0.310 e. The molecule has 1 aromatic heterocycles. The van der Waals surface area contributed by atoms with Gasteiger partial charge in [-0.3, -0.25) is 4.79 Å². The second kappa shape index (κ2) is 7.64. The summed E-state index contributed by atoms with van der Waals surface area (Å²) < 4.78 is 0. The van der Waals surface area contributed by atoms with Crippen LogP contribution in [0.15, 0.2) is 45.3 Å². The Morgan fingerprint density at radius 1 is 1.43 bits per heavy atom. The summed E-state index contributed by atoms with van der Waals surface area (Å²) in [6.45, 7) is 5.19. The summed E-state index contributed by atoms with van der Waals surface area (Å²) in [7, 11) is 0. The Morgan fingerprint density at radius 3 is 2.90 bits per heavy atom. The van der Waals surface area contributed by atoms with E-state index in [4.69, 9.17) is 11.6 Å². The number of benzene rings is 1. The summed E-state index contributed by atoms with van der Waals surface area (Å²) in [5.74, 6) is 0. The monoisotopic (exact) mass is 323 g/mol. The lowest BCUT2D eigenvalue weighted by Crippen LogP contribution is -2.19. The number of hydrogen-bond acceptors (Lipinski definition) is 4. The van der Waals surface area contributed by atoms with Crippen LogP contribution in [0.25, 0.3) is 0 Å². The van der Waals surface area contributed by atoms with Gasteiger partial charge in [0.1, 0.15) is 0 Å². The Kier molecular flexibility index (Phi) is 5.85. The maximum Gasteiger partial charge on any atom is 0.251 e. The molecule has 1 atom stereocenters. The average Bonchev–Trinajstić information content (AvgIpc) is 2.45. The molecular formula is C15H18ClN3OS. The number of aromatic nitrogens is 2. The van der Waals surface area contributed by atoms with E-state index >= 15 is 0 Å². The molecule has 0 aliphatic rings. The molecule has 0 aliphatic heterocycles. The summed E-state index contributed by atoms with van der Waals surface area (Å²) in [4.78, 5) is 19.0. The summed E-state index contributed by atoms with van der Waals surface area (Å²) in [5.41, 5.74) is 0.914. The lowest BCUT2D eigenvalue weighted by molar-refractivity contribution is 0.570. The topological polar surface area (TPSA) is 57.8 Å². The third-order valence-corrected chi connectivity index (χ3v) is 4.22. The van der Waals surface area contributed by atoms with E-state index < -0.39 is 0 Å².